The lowest BCUT2D eigenvalue weighted by atomic mass is 9.90. The second-order valence-electron chi connectivity index (χ2n) is 8.36. The first kappa shape index (κ1) is 22.7. The number of fused-ring (bicyclic) bond motifs is 1. The van der Waals surface area contributed by atoms with Crippen LogP contribution < -0.4 is 19.3 Å². The van der Waals surface area contributed by atoms with E-state index in [-0.39, 0.29) is 18.4 Å². The molecule has 2 aliphatic rings. The number of likely N-dealkylation sites (tertiary alicyclic amines) is 1. The Kier molecular flexibility index (Phi) is 6.05. The molecule has 0 spiro atoms. The molecule has 2 aliphatic heterocycles. The zero-order chi connectivity index (χ0) is 24.5. The topological polar surface area (TPSA) is 77.5 Å². The van der Waals surface area contributed by atoms with Gasteiger partial charge in [-0.1, -0.05) is 48.5 Å². The average Bonchev–Trinajstić information content (AvgIpc) is 3.41. The molecule has 2 heterocycles. The average molecular weight is 475 g/mol. The van der Waals surface area contributed by atoms with Crippen LogP contribution in [0.4, 0.5) is 5.69 Å². The van der Waals surface area contributed by atoms with Gasteiger partial charge in [0.25, 0.3) is 5.91 Å². The second-order valence-corrected chi connectivity index (χ2v) is 8.36. The van der Waals surface area contributed by atoms with E-state index in [0.29, 0.717) is 22.8 Å². The summed E-state index contributed by atoms with van der Waals surface area (Å²) in [6, 6.07) is 21.9. The Labute approximate surface area is 203 Å². The number of ether oxygens (including phenoxy) is 3. The number of para-hydroxylation sites is 1. The Morgan fingerprint density at radius 2 is 1.40 bits per heavy atom. The van der Waals surface area contributed by atoms with Gasteiger partial charge >= 0.3 is 0 Å². The molecular formula is C27H26N2O6. The summed E-state index contributed by atoms with van der Waals surface area (Å²) in [6.07, 6.45) is -0.935. The van der Waals surface area contributed by atoms with Crippen LogP contribution in [0.25, 0.3) is 0 Å². The number of hydrogen-bond acceptors (Lipinski definition) is 7. The van der Waals surface area contributed by atoms with E-state index in [4.69, 9.17) is 19.0 Å². The molecule has 0 saturated carbocycles. The Morgan fingerprint density at radius 3 is 1.97 bits per heavy atom. The highest BCUT2D eigenvalue weighted by Gasteiger charge is 2.60. The van der Waals surface area contributed by atoms with Crippen LogP contribution in [-0.2, 0) is 21.0 Å². The van der Waals surface area contributed by atoms with Crippen molar-refractivity contribution < 1.29 is 28.6 Å². The highest BCUT2D eigenvalue weighted by molar-refractivity contribution is 6.07. The maximum absolute atomic E-state index is 13.7. The fourth-order valence-electron chi connectivity index (χ4n) is 4.80. The summed E-state index contributed by atoms with van der Waals surface area (Å²) < 4.78 is 16.6. The van der Waals surface area contributed by atoms with Crippen molar-refractivity contribution in [1.82, 2.24) is 4.90 Å². The smallest absolute Gasteiger partial charge is 0.262 e. The van der Waals surface area contributed by atoms with Crippen molar-refractivity contribution in [1.29, 1.82) is 0 Å². The van der Waals surface area contributed by atoms with Crippen molar-refractivity contribution in [2.24, 2.45) is 5.92 Å². The van der Waals surface area contributed by atoms with Crippen LogP contribution in [0.5, 0.6) is 17.2 Å². The fraction of sp³-hybridized carbons (Fsp3) is 0.259. The largest absolute Gasteiger partial charge is 0.493 e. The molecule has 2 amide bonds. The van der Waals surface area contributed by atoms with Gasteiger partial charge in [0.05, 0.1) is 39.6 Å². The van der Waals surface area contributed by atoms with Crippen LogP contribution in [0.15, 0.2) is 72.8 Å². The summed E-state index contributed by atoms with van der Waals surface area (Å²) in [6.45, 7) is 0.197. The maximum Gasteiger partial charge on any atom is 0.262 e. The van der Waals surface area contributed by atoms with Gasteiger partial charge < -0.3 is 14.2 Å². The molecule has 0 bridgehead atoms. The number of anilines is 1. The quantitative estimate of drug-likeness (QED) is 0.483. The van der Waals surface area contributed by atoms with Gasteiger partial charge in [-0.3, -0.25) is 19.3 Å². The van der Waals surface area contributed by atoms with E-state index < -0.39 is 18.1 Å². The van der Waals surface area contributed by atoms with Crippen LogP contribution in [0.3, 0.4) is 0 Å². The van der Waals surface area contributed by atoms with Crippen LogP contribution in [0, 0.1) is 5.92 Å². The van der Waals surface area contributed by atoms with Gasteiger partial charge in [-0.15, -0.1) is 0 Å². The molecular weight excluding hydrogens is 448 g/mol. The van der Waals surface area contributed by atoms with E-state index in [9.17, 15) is 9.59 Å². The van der Waals surface area contributed by atoms with Gasteiger partial charge in [-0.25, -0.2) is 5.06 Å². The van der Waals surface area contributed by atoms with Crippen LogP contribution in [0.2, 0.25) is 0 Å². The number of carbonyl (C=O) groups is 2. The first-order valence-electron chi connectivity index (χ1n) is 11.3. The molecule has 5 rings (SSSR count). The van der Waals surface area contributed by atoms with Gasteiger partial charge in [0.1, 0.15) is 5.92 Å². The van der Waals surface area contributed by atoms with E-state index in [1.54, 1.807) is 17.2 Å². The van der Waals surface area contributed by atoms with Crippen molar-refractivity contribution in [3.05, 3.63) is 83.9 Å². The summed E-state index contributed by atoms with van der Waals surface area (Å²) in [4.78, 5) is 34.6. The number of imide groups is 1. The summed E-state index contributed by atoms with van der Waals surface area (Å²) >= 11 is 0. The molecule has 2 fully saturated rings. The summed E-state index contributed by atoms with van der Waals surface area (Å²) in [5, 5.41) is 1.64. The Balaban J connectivity index is 1.59. The summed E-state index contributed by atoms with van der Waals surface area (Å²) in [5.41, 5.74) is 2.31. The number of hydrogen-bond donors (Lipinski definition) is 0. The molecule has 3 aromatic carbocycles. The van der Waals surface area contributed by atoms with Gasteiger partial charge in [0.2, 0.25) is 11.7 Å². The molecule has 0 radical (unpaired) electrons. The van der Waals surface area contributed by atoms with E-state index in [1.807, 2.05) is 60.7 Å². The first-order valence-corrected chi connectivity index (χ1v) is 11.3. The van der Waals surface area contributed by atoms with Crippen molar-refractivity contribution in [2.75, 3.05) is 26.4 Å². The third-order valence-corrected chi connectivity index (χ3v) is 6.43. The van der Waals surface area contributed by atoms with Crippen LogP contribution in [-0.4, -0.2) is 44.1 Å². The monoisotopic (exact) mass is 474 g/mol. The molecule has 0 aromatic heterocycles. The Hall–Kier alpha value is -4.04. The van der Waals surface area contributed by atoms with Crippen molar-refractivity contribution >= 4 is 17.5 Å². The van der Waals surface area contributed by atoms with Gasteiger partial charge in [-0.05, 0) is 35.4 Å². The van der Waals surface area contributed by atoms with Crippen molar-refractivity contribution in [2.45, 2.75) is 18.7 Å². The number of rotatable bonds is 7. The molecule has 0 N–H and O–H groups in total. The van der Waals surface area contributed by atoms with E-state index in [0.717, 1.165) is 11.3 Å². The third kappa shape index (κ3) is 3.85. The lowest BCUT2D eigenvalue weighted by molar-refractivity contribution is -0.143. The molecule has 180 valence electrons. The minimum Gasteiger partial charge on any atom is -0.493 e. The standard InChI is InChI=1S/C27H26N2O6/c1-32-20-14-18(15-21(33-2)24(20)34-3)23-22-25(35-29(23)19-12-8-5-9-13-19)27(31)28(26(22)30)16-17-10-6-4-7-11-17/h4-15,22-23,25H,16H2,1-3H3/t22-,23+,25+/m1/s1. The minimum atomic E-state index is -0.935. The van der Waals surface area contributed by atoms with Gasteiger partial charge in [-0.2, -0.15) is 0 Å². The zero-order valence-electron chi connectivity index (χ0n) is 19.7. The normalized spacial score (nSPS) is 21.3. The fourth-order valence-corrected chi connectivity index (χ4v) is 4.80. The number of nitrogens with zero attached hydrogens (tertiary/aromatic N) is 2. The number of carbonyl (C=O) groups excluding carboxylic acids is 2. The van der Waals surface area contributed by atoms with Gasteiger partial charge in [0, 0.05) is 0 Å². The number of amides is 2. The predicted molar refractivity (Wildman–Crippen MR) is 128 cm³/mol. The Morgan fingerprint density at radius 1 is 0.800 bits per heavy atom. The number of hydroxylamine groups is 1. The maximum atomic E-state index is 13.7. The number of benzene rings is 3. The minimum absolute atomic E-state index is 0.197. The van der Waals surface area contributed by atoms with E-state index in [2.05, 4.69) is 0 Å². The zero-order valence-corrected chi connectivity index (χ0v) is 19.7. The van der Waals surface area contributed by atoms with E-state index >= 15 is 0 Å². The molecule has 3 atom stereocenters. The molecule has 8 heteroatoms. The SMILES string of the molecule is COc1cc([C@H]2[C@H]3C(=O)N(Cc4ccccc4)C(=O)[C@H]3ON2c2ccccc2)cc(OC)c1OC. The third-order valence-electron chi connectivity index (χ3n) is 6.43. The number of methoxy groups -OCH3 is 3. The summed E-state index contributed by atoms with van der Waals surface area (Å²) in [7, 11) is 4.61. The molecule has 0 aliphatic carbocycles. The molecule has 0 unspecified atom stereocenters. The first-order chi connectivity index (χ1) is 17.1. The van der Waals surface area contributed by atoms with Crippen molar-refractivity contribution in [3.63, 3.8) is 0 Å². The molecule has 8 nitrogen and oxygen atoms in total. The molecule has 3 aromatic rings. The predicted octanol–water partition coefficient (Wildman–Crippen LogP) is 3.76. The summed E-state index contributed by atoms with van der Waals surface area (Å²) in [5.74, 6) is -0.0116. The highest BCUT2D eigenvalue weighted by atomic mass is 16.7. The van der Waals surface area contributed by atoms with Crippen LogP contribution in [0.1, 0.15) is 17.2 Å². The lowest BCUT2D eigenvalue weighted by Crippen LogP contribution is -2.37. The Bertz CT molecular complexity index is 1210. The molecule has 2 saturated heterocycles. The lowest BCUT2D eigenvalue weighted by Gasteiger charge is -2.29. The second kappa shape index (κ2) is 9.31. The van der Waals surface area contributed by atoms with Gasteiger partial charge in [0.15, 0.2) is 17.6 Å². The van der Waals surface area contributed by atoms with Crippen LogP contribution >= 0.6 is 0 Å². The molecule has 35 heavy (non-hydrogen) atoms. The highest BCUT2D eigenvalue weighted by Crippen LogP contribution is 2.50. The van der Waals surface area contributed by atoms with E-state index in [1.165, 1.54) is 26.2 Å². The van der Waals surface area contributed by atoms with Crippen molar-refractivity contribution in [3.8, 4) is 17.2 Å².